The minimum Gasteiger partial charge on any atom is -0.365 e. The Kier molecular flexibility index (Phi) is 3.29. The second-order valence-electron chi connectivity index (χ2n) is 4.22. The van der Waals surface area contributed by atoms with Crippen LogP contribution >= 0.6 is 11.3 Å². The van der Waals surface area contributed by atoms with Crippen molar-refractivity contribution in [2.75, 3.05) is 12.4 Å². The van der Waals surface area contributed by atoms with Gasteiger partial charge in [0.1, 0.15) is 0 Å². The fraction of sp³-hybridized carbons (Fsp3) is 0.0625. The topological polar surface area (TPSA) is 24.9 Å². The number of nitrogens with one attached hydrogen (secondary N) is 1. The maximum Gasteiger partial charge on any atom is 0.182 e. The Hall–Kier alpha value is -2.13. The number of anilines is 1. The number of thiazole rings is 1. The normalized spacial score (nSPS) is 10.4. The Morgan fingerprint density at radius 2 is 1.47 bits per heavy atom. The van der Waals surface area contributed by atoms with E-state index >= 15 is 0 Å². The highest BCUT2D eigenvalue weighted by Crippen LogP contribution is 2.30. The van der Waals surface area contributed by atoms with E-state index in [0.717, 1.165) is 5.13 Å². The first kappa shape index (κ1) is 11.9. The van der Waals surface area contributed by atoms with Crippen LogP contribution in [0.15, 0.2) is 60.8 Å². The van der Waals surface area contributed by atoms with Gasteiger partial charge in [-0.1, -0.05) is 65.9 Å². The van der Waals surface area contributed by atoms with Gasteiger partial charge >= 0.3 is 0 Å². The third-order valence-electron chi connectivity index (χ3n) is 3.00. The highest BCUT2D eigenvalue weighted by molar-refractivity contribution is 7.18. The molecule has 0 radical (unpaired) electrons. The van der Waals surface area contributed by atoms with E-state index in [9.17, 15) is 0 Å². The molecule has 3 rings (SSSR count). The molecule has 94 valence electrons. The molecule has 0 saturated heterocycles. The second kappa shape index (κ2) is 5.24. The van der Waals surface area contributed by atoms with Gasteiger partial charge in [0.15, 0.2) is 5.13 Å². The summed E-state index contributed by atoms with van der Waals surface area (Å²) in [7, 11) is 1.89. The summed E-state index contributed by atoms with van der Waals surface area (Å²) in [5.41, 5.74) is 3.69. The summed E-state index contributed by atoms with van der Waals surface area (Å²) < 4.78 is 0. The van der Waals surface area contributed by atoms with Crippen LogP contribution in [0.5, 0.6) is 0 Å². The van der Waals surface area contributed by atoms with Gasteiger partial charge < -0.3 is 5.32 Å². The van der Waals surface area contributed by atoms with Crippen LogP contribution < -0.4 is 5.32 Å². The molecule has 0 aliphatic rings. The van der Waals surface area contributed by atoms with Crippen molar-refractivity contribution < 1.29 is 0 Å². The molecule has 0 aliphatic heterocycles. The average Bonchev–Trinajstić information content (AvgIpc) is 2.97. The lowest BCUT2D eigenvalue weighted by molar-refractivity contribution is 1.37. The molecule has 3 heteroatoms. The van der Waals surface area contributed by atoms with Crippen LogP contribution in [-0.4, -0.2) is 12.0 Å². The number of hydrogen-bond acceptors (Lipinski definition) is 3. The van der Waals surface area contributed by atoms with Gasteiger partial charge in [-0.2, -0.15) is 0 Å². The Morgan fingerprint density at radius 1 is 0.842 bits per heavy atom. The van der Waals surface area contributed by atoms with Gasteiger partial charge in [-0.05, 0) is 16.7 Å². The fourth-order valence-corrected chi connectivity index (χ4v) is 2.76. The van der Waals surface area contributed by atoms with Gasteiger partial charge in [-0.15, -0.1) is 0 Å². The zero-order valence-corrected chi connectivity index (χ0v) is 11.4. The van der Waals surface area contributed by atoms with Crippen LogP contribution in [0, 0.1) is 0 Å². The van der Waals surface area contributed by atoms with Crippen molar-refractivity contribution in [1.82, 2.24) is 4.98 Å². The quantitative estimate of drug-likeness (QED) is 0.754. The first-order valence-electron chi connectivity index (χ1n) is 6.16. The lowest BCUT2D eigenvalue weighted by atomic mass is 10.0. The molecule has 0 saturated carbocycles. The minimum absolute atomic E-state index is 0.946. The molecule has 19 heavy (non-hydrogen) atoms. The molecule has 2 nitrogen and oxygen atoms in total. The summed E-state index contributed by atoms with van der Waals surface area (Å²) in [6.07, 6.45) is 1.91. The Morgan fingerprint density at radius 3 is 2.11 bits per heavy atom. The molecule has 2 aromatic carbocycles. The summed E-state index contributed by atoms with van der Waals surface area (Å²) in [6, 6.07) is 19.0. The van der Waals surface area contributed by atoms with Crippen molar-refractivity contribution >= 4 is 16.5 Å². The van der Waals surface area contributed by atoms with Crippen molar-refractivity contribution in [3.8, 4) is 21.6 Å². The number of hydrogen-bond donors (Lipinski definition) is 1. The van der Waals surface area contributed by atoms with E-state index in [1.807, 2.05) is 19.3 Å². The smallest absolute Gasteiger partial charge is 0.182 e. The van der Waals surface area contributed by atoms with Crippen molar-refractivity contribution in [2.24, 2.45) is 0 Å². The van der Waals surface area contributed by atoms with Crippen LogP contribution in [0.3, 0.4) is 0 Å². The van der Waals surface area contributed by atoms with Crippen LogP contribution in [0.25, 0.3) is 21.6 Å². The van der Waals surface area contributed by atoms with E-state index in [0.29, 0.717) is 0 Å². The molecule has 0 spiro atoms. The van der Waals surface area contributed by atoms with E-state index in [-0.39, 0.29) is 0 Å². The molecule has 1 aromatic heterocycles. The molecule has 0 fully saturated rings. The summed E-state index contributed by atoms with van der Waals surface area (Å²) in [6.45, 7) is 0. The molecule has 1 N–H and O–H groups in total. The minimum atomic E-state index is 0.946. The molecular weight excluding hydrogens is 252 g/mol. The first-order chi connectivity index (χ1) is 9.36. The number of rotatable bonds is 3. The molecule has 1 heterocycles. The van der Waals surface area contributed by atoms with Gasteiger partial charge in [0, 0.05) is 13.2 Å². The summed E-state index contributed by atoms with van der Waals surface area (Å²) in [4.78, 5) is 5.48. The van der Waals surface area contributed by atoms with Crippen molar-refractivity contribution in [1.29, 1.82) is 0 Å². The number of benzene rings is 2. The lowest BCUT2D eigenvalue weighted by Gasteiger charge is -2.02. The van der Waals surface area contributed by atoms with E-state index < -0.39 is 0 Å². The van der Waals surface area contributed by atoms with Gasteiger partial charge in [0.05, 0.1) is 4.88 Å². The molecule has 0 unspecified atom stereocenters. The van der Waals surface area contributed by atoms with E-state index in [1.165, 1.54) is 21.6 Å². The van der Waals surface area contributed by atoms with E-state index in [2.05, 4.69) is 58.8 Å². The maximum absolute atomic E-state index is 4.30. The lowest BCUT2D eigenvalue weighted by Crippen LogP contribution is -1.83. The monoisotopic (exact) mass is 266 g/mol. The predicted octanol–water partition coefficient (Wildman–Crippen LogP) is 4.52. The van der Waals surface area contributed by atoms with Gasteiger partial charge in [-0.3, -0.25) is 0 Å². The maximum atomic E-state index is 4.30. The van der Waals surface area contributed by atoms with Crippen LogP contribution in [0.1, 0.15) is 0 Å². The van der Waals surface area contributed by atoms with Crippen molar-refractivity contribution in [3.63, 3.8) is 0 Å². The van der Waals surface area contributed by atoms with Crippen LogP contribution in [0.2, 0.25) is 0 Å². The third-order valence-corrected chi connectivity index (χ3v) is 4.06. The standard InChI is InChI=1S/C16H14N2S/c1-17-16-18-11-15(19-16)14-9-7-13(8-10-14)12-5-3-2-4-6-12/h2-11H,1H3,(H,17,18). The molecule has 0 bridgehead atoms. The molecular formula is C16H14N2S. The van der Waals surface area contributed by atoms with Crippen molar-refractivity contribution in [2.45, 2.75) is 0 Å². The second-order valence-corrected chi connectivity index (χ2v) is 5.25. The highest BCUT2D eigenvalue weighted by atomic mass is 32.1. The Bertz CT molecular complexity index is 657. The van der Waals surface area contributed by atoms with Crippen molar-refractivity contribution in [3.05, 3.63) is 60.8 Å². The fourth-order valence-electron chi connectivity index (χ4n) is 1.98. The van der Waals surface area contributed by atoms with Gasteiger partial charge in [0.2, 0.25) is 0 Å². The van der Waals surface area contributed by atoms with Crippen LogP contribution in [-0.2, 0) is 0 Å². The predicted molar refractivity (Wildman–Crippen MR) is 82.5 cm³/mol. The van der Waals surface area contributed by atoms with E-state index in [1.54, 1.807) is 11.3 Å². The number of nitrogens with zero attached hydrogens (tertiary/aromatic N) is 1. The Balaban J connectivity index is 1.90. The zero-order valence-electron chi connectivity index (χ0n) is 10.6. The summed E-state index contributed by atoms with van der Waals surface area (Å²) >= 11 is 1.67. The molecule has 0 amide bonds. The first-order valence-corrected chi connectivity index (χ1v) is 6.98. The largest absolute Gasteiger partial charge is 0.365 e. The Labute approximate surface area is 116 Å². The SMILES string of the molecule is CNc1ncc(-c2ccc(-c3ccccc3)cc2)s1. The van der Waals surface area contributed by atoms with E-state index in [4.69, 9.17) is 0 Å². The summed E-state index contributed by atoms with van der Waals surface area (Å²) in [5, 5.41) is 4.01. The molecule has 0 aliphatic carbocycles. The summed E-state index contributed by atoms with van der Waals surface area (Å²) in [5.74, 6) is 0. The average molecular weight is 266 g/mol. The van der Waals surface area contributed by atoms with Gasteiger partial charge in [-0.25, -0.2) is 4.98 Å². The van der Waals surface area contributed by atoms with Crippen LogP contribution in [0.4, 0.5) is 5.13 Å². The zero-order chi connectivity index (χ0) is 13.1. The highest BCUT2D eigenvalue weighted by Gasteiger charge is 2.03. The molecule has 3 aromatic rings. The molecule has 0 atom stereocenters. The number of aromatic nitrogens is 1. The third kappa shape index (κ3) is 2.51. The van der Waals surface area contributed by atoms with Gasteiger partial charge in [0.25, 0.3) is 0 Å².